The van der Waals surface area contributed by atoms with Crippen LogP contribution in [0, 0.1) is 17.5 Å². The van der Waals surface area contributed by atoms with E-state index in [1.807, 2.05) is 0 Å². The van der Waals surface area contributed by atoms with Crippen molar-refractivity contribution in [3.8, 4) is 0 Å². The molecule has 1 rings (SSSR count). The van der Waals surface area contributed by atoms with Crippen molar-refractivity contribution < 1.29 is 13.2 Å². The van der Waals surface area contributed by atoms with Gasteiger partial charge in [-0.15, -0.1) is 11.8 Å². The van der Waals surface area contributed by atoms with Gasteiger partial charge in [0, 0.05) is 0 Å². The van der Waals surface area contributed by atoms with Gasteiger partial charge in [0.15, 0.2) is 11.6 Å². The maximum Gasteiger partial charge on any atom is 0.174 e. The topological polar surface area (TPSA) is 0 Å². The highest BCUT2D eigenvalue weighted by Crippen LogP contribution is 2.23. The van der Waals surface area contributed by atoms with Gasteiger partial charge in [-0.25, -0.2) is 13.2 Å². The van der Waals surface area contributed by atoms with Crippen molar-refractivity contribution in [2.75, 3.05) is 6.26 Å². The molecule has 0 bridgehead atoms. The lowest BCUT2D eigenvalue weighted by Crippen LogP contribution is -2.13. The molecule has 0 aliphatic carbocycles. The monoisotopic (exact) mass is 190 g/mol. The summed E-state index contributed by atoms with van der Waals surface area (Å²) in [4.78, 5) is -0.266. The van der Waals surface area contributed by atoms with Crippen molar-refractivity contribution in [3.63, 3.8) is 0 Å². The number of hydrogen-bond donors (Lipinski definition) is 0. The average Bonchev–Trinajstić information content (AvgIpc) is 2.01. The van der Waals surface area contributed by atoms with E-state index >= 15 is 0 Å². The lowest BCUT2D eigenvalue weighted by molar-refractivity contribution is 0.473. The van der Waals surface area contributed by atoms with Crippen molar-refractivity contribution in [1.82, 2.24) is 0 Å². The summed E-state index contributed by atoms with van der Waals surface area (Å²) >= 11 is 0.855. The third-order valence-corrected chi connectivity index (χ3v) is 2.29. The molecule has 12 heavy (non-hydrogen) atoms. The Hall–Kier alpha value is -0.575. The first kappa shape index (κ1) is 9.51. The Balaban J connectivity index is 3.40. The van der Waals surface area contributed by atoms with E-state index < -0.39 is 17.5 Å². The summed E-state index contributed by atoms with van der Waals surface area (Å²) in [6.45, 7) is 0. The Morgan fingerprint density at radius 3 is 2.33 bits per heavy atom. The number of thioether (sulfide) groups is 1. The molecule has 0 aliphatic heterocycles. The summed E-state index contributed by atoms with van der Waals surface area (Å²) in [5.41, 5.74) is -0.0113. The summed E-state index contributed by atoms with van der Waals surface area (Å²) in [5, 5.41) is 0. The minimum absolute atomic E-state index is 0.0113. The second-order valence-electron chi connectivity index (χ2n) is 2.34. The molecule has 0 saturated carbocycles. The van der Waals surface area contributed by atoms with Crippen LogP contribution in [0.25, 0.3) is 0 Å². The molecule has 1 aromatic rings. The van der Waals surface area contributed by atoms with Gasteiger partial charge in [-0.2, -0.15) is 0 Å². The van der Waals surface area contributed by atoms with Gasteiger partial charge in [0.2, 0.25) is 0 Å². The Labute approximate surface area is 73.6 Å². The van der Waals surface area contributed by atoms with Crippen molar-refractivity contribution in [2.24, 2.45) is 0 Å². The van der Waals surface area contributed by atoms with Gasteiger partial charge in [-0.3, -0.25) is 0 Å². The smallest absolute Gasteiger partial charge is 0.174 e. The van der Waals surface area contributed by atoms with E-state index in [4.69, 9.17) is 0 Å². The number of hydrogen-bond acceptors (Lipinski definition) is 1. The minimum Gasteiger partial charge on any atom is -0.206 e. The van der Waals surface area contributed by atoms with Crippen molar-refractivity contribution in [2.45, 2.75) is 4.90 Å². The predicted octanol–water partition coefficient (Wildman–Crippen LogP) is 1.08. The molecule has 0 nitrogen and oxygen atoms in total. The van der Waals surface area contributed by atoms with Crippen molar-refractivity contribution >= 4 is 25.1 Å². The van der Waals surface area contributed by atoms with Crippen LogP contribution in [0.15, 0.2) is 11.0 Å². The first-order valence-corrected chi connectivity index (χ1v) is 4.48. The Kier molecular flexibility index (Phi) is 2.72. The number of halogens is 3. The van der Waals surface area contributed by atoms with Crippen LogP contribution in [0.4, 0.5) is 13.2 Å². The SMILES string of the molecule is Bc1cc(F)c(SC)c(F)c1F. The van der Waals surface area contributed by atoms with Gasteiger partial charge in [0.25, 0.3) is 0 Å². The van der Waals surface area contributed by atoms with Crippen molar-refractivity contribution in [3.05, 3.63) is 23.5 Å². The summed E-state index contributed by atoms with van der Waals surface area (Å²) < 4.78 is 38.6. The van der Waals surface area contributed by atoms with E-state index in [-0.39, 0.29) is 10.4 Å². The quantitative estimate of drug-likeness (QED) is 0.362. The zero-order valence-corrected chi connectivity index (χ0v) is 7.44. The van der Waals surface area contributed by atoms with Crippen LogP contribution in [0.2, 0.25) is 0 Å². The second-order valence-corrected chi connectivity index (χ2v) is 3.15. The van der Waals surface area contributed by atoms with E-state index in [2.05, 4.69) is 0 Å². The number of rotatable bonds is 1. The van der Waals surface area contributed by atoms with E-state index in [9.17, 15) is 13.2 Å². The van der Waals surface area contributed by atoms with Gasteiger partial charge < -0.3 is 0 Å². The first-order valence-electron chi connectivity index (χ1n) is 3.26. The predicted molar refractivity (Wildman–Crippen MR) is 46.3 cm³/mol. The molecule has 0 aromatic heterocycles. The summed E-state index contributed by atoms with van der Waals surface area (Å²) in [5.74, 6) is -2.78. The van der Waals surface area contributed by atoms with Crippen LogP contribution in [0.5, 0.6) is 0 Å². The highest BCUT2D eigenvalue weighted by Gasteiger charge is 2.15. The molecule has 0 spiro atoms. The summed E-state index contributed by atoms with van der Waals surface area (Å²) in [6.07, 6.45) is 1.50. The highest BCUT2D eigenvalue weighted by molar-refractivity contribution is 7.98. The highest BCUT2D eigenvalue weighted by atomic mass is 32.2. The fourth-order valence-corrected chi connectivity index (χ4v) is 1.41. The van der Waals surface area contributed by atoms with Crippen LogP contribution >= 0.6 is 11.8 Å². The van der Waals surface area contributed by atoms with Crippen molar-refractivity contribution in [1.29, 1.82) is 0 Å². The van der Waals surface area contributed by atoms with Crippen LogP contribution in [-0.4, -0.2) is 14.1 Å². The summed E-state index contributed by atoms with van der Waals surface area (Å²) in [7, 11) is 1.32. The van der Waals surface area contributed by atoms with E-state index in [0.29, 0.717) is 0 Å². The van der Waals surface area contributed by atoms with Gasteiger partial charge in [0.05, 0.1) is 4.90 Å². The lowest BCUT2D eigenvalue weighted by atomic mass is 9.95. The molecule has 0 radical (unpaired) electrons. The minimum atomic E-state index is -1.10. The molecule has 5 heteroatoms. The van der Waals surface area contributed by atoms with Crippen LogP contribution < -0.4 is 5.46 Å². The Morgan fingerprint density at radius 2 is 1.83 bits per heavy atom. The molecule has 0 unspecified atom stereocenters. The fraction of sp³-hybridized carbons (Fsp3) is 0.143. The third kappa shape index (κ3) is 1.46. The summed E-state index contributed by atoms with van der Waals surface area (Å²) in [6, 6.07) is 0.990. The standard InChI is InChI=1S/C7H6BF3S/c1-12-7-4(9)2-3(8)5(10)6(7)11/h2H,8H2,1H3. The maximum absolute atomic E-state index is 12.9. The maximum atomic E-state index is 12.9. The molecular weight excluding hydrogens is 184 g/mol. The normalized spacial score (nSPS) is 10.3. The zero-order valence-electron chi connectivity index (χ0n) is 6.62. The molecule has 0 fully saturated rings. The van der Waals surface area contributed by atoms with Gasteiger partial charge >= 0.3 is 0 Å². The van der Waals surface area contributed by atoms with Crippen LogP contribution in [0.1, 0.15) is 0 Å². The van der Waals surface area contributed by atoms with Gasteiger partial charge in [0.1, 0.15) is 13.7 Å². The molecule has 0 atom stereocenters. The zero-order chi connectivity index (χ0) is 9.30. The third-order valence-electron chi connectivity index (χ3n) is 1.50. The average molecular weight is 190 g/mol. The fourth-order valence-electron chi connectivity index (χ4n) is 0.884. The molecule has 0 heterocycles. The van der Waals surface area contributed by atoms with Gasteiger partial charge in [-0.05, 0) is 17.8 Å². The van der Waals surface area contributed by atoms with Crippen LogP contribution in [-0.2, 0) is 0 Å². The molecular formula is C7H6BF3S. The first-order chi connectivity index (χ1) is 5.57. The van der Waals surface area contributed by atoms with Crippen LogP contribution in [0.3, 0.4) is 0 Å². The molecule has 1 aromatic carbocycles. The number of benzene rings is 1. The molecule has 64 valence electrons. The molecule has 0 amide bonds. The van der Waals surface area contributed by atoms with E-state index in [1.54, 1.807) is 0 Å². The Bertz CT molecular complexity index is 314. The largest absolute Gasteiger partial charge is 0.206 e. The van der Waals surface area contributed by atoms with E-state index in [1.165, 1.54) is 14.1 Å². The molecule has 0 N–H and O–H groups in total. The van der Waals surface area contributed by atoms with E-state index in [0.717, 1.165) is 17.8 Å². The molecule has 0 aliphatic rings. The molecule has 0 saturated heterocycles. The van der Waals surface area contributed by atoms with Gasteiger partial charge in [-0.1, -0.05) is 0 Å². The second kappa shape index (κ2) is 3.43. The lowest BCUT2D eigenvalue weighted by Gasteiger charge is -2.04. The Morgan fingerprint density at radius 1 is 1.25 bits per heavy atom.